The van der Waals surface area contributed by atoms with Gasteiger partial charge in [-0.2, -0.15) is 0 Å². The summed E-state index contributed by atoms with van der Waals surface area (Å²) in [4.78, 5) is 2.63. The molecule has 1 fully saturated rings. The number of fused-ring (bicyclic) bond motifs is 1. The third-order valence-corrected chi connectivity index (χ3v) is 4.23. The molecule has 2 aliphatic rings. The number of nitrogens with one attached hydrogen (secondary N) is 1. The van der Waals surface area contributed by atoms with Gasteiger partial charge in [0.2, 0.25) is 0 Å². The van der Waals surface area contributed by atoms with Gasteiger partial charge in [0.05, 0.1) is 0 Å². The van der Waals surface area contributed by atoms with Crippen molar-refractivity contribution in [2.24, 2.45) is 0 Å². The van der Waals surface area contributed by atoms with Crippen LogP contribution in [0.3, 0.4) is 0 Å². The molecule has 0 spiro atoms. The molecule has 0 radical (unpaired) electrons. The van der Waals surface area contributed by atoms with Crippen molar-refractivity contribution in [2.75, 3.05) is 19.6 Å². The van der Waals surface area contributed by atoms with Gasteiger partial charge in [-0.1, -0.05) is 17.7 Å². The standard InChI is InChI=1S/C14H19ClN2/c1-10-9-17(5-4-16-10)14-7-11-2-3-13(15)6-12(11)8-14/h2-3,6,10,14,16H,4-5,7-9H2,1H3/t10-,14-/m1/s1. The molecule has 0 amide bonds. The predicted octanol–water partition coefficient (Wildman–Crippen LogP) is 2.10. The zero-order valence-corrected chi connectivity index (χ0v) is 11.0. The van der Waals surface area contributed by atoms with Gasteiger partial charge in [0.25, 0.3) is 0 Å². The van der Waals surface area contributed by atoms with E-state index < -0.39 is 0 Å². The van der Waals surface area contributed by atoms with E-state index in [0.29, 0.717) is 12.1 Å². The molecule has 2 atom stereocenters. The Morgan fingerprint density at radius 1 is 1.29 bits per heavy atom. The number of halogens is 1. The summed E-state index contributed by atoms with van der Waals surface area (Å²) in [7, 11) is 0. The zero-order valence-electron chi connectivity index (χ0n) is 10.2. The zero-order chi connectivity index (χ0) is 11.8. The summed E-state index contributed by atoms with van der Waals surface area (Å²) >= 11 is 6.06. The van der Waals surface area contributed by atoms with Crippen molar-refractivity contribution in [3.63, 3.8) is 0 Å². The highest BCUT2D eigenvalue weighted by Crippen LogP contribution is 2.28. The van der Waals surface area contributed by atoms with Crippen LogP contribution in [-0.4, -0.2) is 36.6 Å². The second kappa shape index (κ2) is 4.60. The van der Waals surface area contributed by atoms with E-state index in [4.69, 9.17) is 11.6 Å². The fourth-order valence-electron chi connectivity index (χ4n) is 3.12. The highest BCUT2D eigenvalue weighted by molar-refractivity contribution is 6.30. The van der Waals surface area contributed by atoms with Crippen LogP contribution < -0.4 is 5.32 Å². The Morgan fingerprint density at radius 2 is 2.12 bits per heavy atom. The third-order valence-electron chi connectivity index (χ3n) is 4.00. The highest BCUT2D eigenvalue weighted by atomic mass is 35.5. The Kier molecular flexibility index (Phi) is 3.12. The Bertz CT molecular complexity index is 419. The molecule has 1 aliphatic carbocycles. The van der Waals surface area contributed by atoms with Crippen LogP contribution in [0.4, 0.5) is 0 Å². The van der Waals surface area contributed by atoms with Crippen molar-refractivity contribution in [1.29, 1.82) is 0 Å². The van der Waals surface area contributed by atoms with Crippen LogP contribution >= 0.6 is 11.6 Å². The van der Waals surface area contributed by atoms with E-state index in [1.807, 2.05) is 6.07 Å². The summed E-state index contributed by atoms with van der Waals surface area (Å²) in [5.41, 5.74) is 2.94. The van der Waals surface area contributed by atoms with E-state index in [1.54, 1.807) is 0 Å². The van der Waals surface area contributed by atoms with Crippen LogP contribution in [0.25, 0.3) is 0 Å². The highest BCUT2D eigenvalue weighted by Gasteiger charge is 2.29. The molecule has 0 aromatic heterocycles. The van der Waals surface area contributed by atoms with Gasteiger partial charge < -0.3 is 5.32 Å². The van der Waals surface area contributed by atoms with Crippen molar-refractivity contribution in [3.05, 3.63) is 34.3 Å². The van der Waals surface area contributed by atoms with E-state index in [9.17, 15) is 0 Å². The lowest BCUT2D eigenvalue weighted by Gasteiger charge is -2.36. The van der Waals surface area contributed by atoms with Gasteiger partial charge in [-0.25, -0.2) is 0 Å². The molecule has 1 N–H and O–H groups in total. The molecular weight excluding hydrogens is 232 g/mol. The fraction of sp³-hybridized carbons (Fsp3) is 0.571. The molecule has 1 aromatic carbocycles. The van der Waals surface area contributed by atoms with Crippen molar-refractivity contribution >= 4 is 11.6 Å². The Labute approximate surface area is 108 Å². The van der Waals surface area contributed by atoms with Gasteiger partial charge >= 0.3 is 0 Å². The maximum absolute atomic E-state index is 6.06. The molecule has 2 nitrogen and oxygen atoms in total. The number of piperazine rings is 1. The molecule has 0 bridgehead atoms. The van der Waals surface area contributed by atoms with E-state index in [-0.39, 0.29) is 0 Å². The maximum atomic E-state index is 6.06. The van der Waals surface area contributed by atoms with Crippen molar-refractivity contribution in [2.45, 2.75) is 31.8 Å². The second-order valence-corrected chi connectivity index (χ2v) is 5.76. The topological polar surface area (TPSA) is 15.3 Å². The predicted molar refractivity (Wildman–Crippen MR) is 71.7 cm³/mol. The Morgan fingerprint density at radius 3 is 2.94 bits per heavy atom. The fourth-order valence-corrected chi connectivity index (χ4v) is 3.31. The van der Waals surface area contributed by atoms with Crippen LogP contribution in [0.5, 0.6) is 0 Å². The summed E-state index contributed by atoms with van der Waals surface area (Å²) in [6.07, 6.45) is 2.36. The average molecular weight is 251 g/mol. The lowest BCUT2D eigenvalue weighted by atomic mass is 10.1. The minimum atomic E-state index is 0.621. The Balaban J connectivity index is 1.73. The SMILES string of the molecule is C[C@@H]1CN([C@@H]2Cc3ccc(Cl)cc3C2)CCN1. The van der Waals surface area contributed by atoms with Gasteiger partial charge in [-0.3, -0.25) is 4.90 Å². The van der Waals surface area contributed by atoms with Crippen molar-refractivity contribution < 1.29 is 0 Å². The molecule has 1 aromatic rings. The molecule has 1 saturated heterocycles. The maximum Gasteiger partial charge on any atom is 0.0408 e. The molecule has 17 heavy (non-hydrogen) atoms. The van der Waals surface area contributed by atoms with Crippen LogP contribution in [0.1, 0.15) is 18.1 Å². The molecule has 0 saturated carbocycles. The summed E-state index contributed by atoms with van der Waals surface area (Å²) < 4.78 is 0. The first-order valence-corrected chi connectivity index (χ1v) is 6.85. The normalized spacial score (nSPS) is 29.3. The van der Waals surface area contributed by atoms with Crippen LogP contribution in [-0.2, 0) is 12.8 Å². The molecule has 1 heterocycles. The largest absolute Gasteiger partial charge is 0.312 e. The number of rotatable bonds is 1. The monoisotopic (exact) mass is 250 g/mol. The van der Waals surface area contributed by atoms with Crippen molar-refractivity contribution in [1.82, 2.24) is 10.2 Å². The van der Waals surface area contributed by atoms with Crippen molar-refractivity contribution in [3.8, 4) is 0 Å². The molecule has 3 rings (SSSR count). The summed E-state index contributed by atoms with van der Waals surface area (Å²) in [6, 6.07) is 7.67. The van der Waals surface area contributed by atoms with Gasteiger partial charge in [0.1, 0.15) is 0 Å². The summed E-state index contributed by atoms with van der Waals surface area (Å²) in [5.74, 6) is 0. The molecule has 92 valence electrons. The molecule has 1 aliphatic heterocycles. The average Bonchev–Trinajstić information content (AvgIpc) is 2.72. The van der Waals surface area contributed by atoms with Gasteiger partial charge in [0, 0.05) is 36.7 Å². The summed E-state index contributed by atoms with van der Waals surface area (Å²) in [6.45, 7) is 5.74. The van der Waals surface area contributed by atoms with E-state index >= 15 is 0 Å². The Hall–Kier alpha value is -0.570. The molecular formula is C14H19ClN2. The summed E-state index contributed by atoms with van der Waals surface area (Å²) in [5, 5.41) is 4.38. The quantitative estimate of drug-likeness (QED) is 0.821. The minimum Gasteiger partial charge on any atom is -0.312 e. The van der Waals surface area contributed by atoms with Crippen LogP contribution in [0, 0.1) is 0 Å². The van der Waals surface area contributed by atoms with Crippen LogP contribution in [0.2, 0.25) is 5.02 Å². The second-order valence-electron chi connectivity index (χ2n) is 5.33. The lowest BCUT2D eigenvalue weighted by molar-refractivity contribution is 0.152. The number of nitrogens with zero attached hydrogens (tertiary/aromatic N) is 1. The smallest absolute Gasteiger partial charge is 0.0408 e. The minimum absolute atomic E-state index is 0.621. The van der Waals surface area contributed by atoms with E-state index in [0.717, 1.165) is 11.6 Å². The van der Waals surface area contributed by atoms with Gasteiger partial charge in [0.15, 0.2) is 0 Å². The first-order valence-electron chi connectivity index (χ1n) is 6.47. The molecule has 3 heteroatoms. The first kappa shape index (κ1) is 11.5. The van der Waals surface area contributed by atoms with E-state index in [1.165, 1.54) is 37.1 Å². The number of hydrogen-bond donors (Lipinski definition) is 1. The molecule has 0 unspecified atom stereocenters. The lowest BCUT2D eigenvalue weighted by Crippen LogP contribution is -2.53. The third kappa shape index (κ3) is 2.35. The van der Waals surface area contributed by atoms with Gasteiger partial charge in [-0.05, 0) is 43.0 Å². The number of hydrogen-bond acceptors (Lipinski definition) is 2. The van der Waals surface area contributed by atoms with Gasteiger partial charge in [-0.15, -0.1) is 0 Å². The van der Waals surface area contributed by atoms with E-state index in [2.05, 4.69) is 29.3 Å². The number of benzene rings is 1. The van der Waals surface area contributed by atoms with Crippen LogP contribution in [0.15, 0.2) is 18.2 Å². The first-order chi connectivity index (χ1) is 8.22.